The minimum Gasteiger partial charge on any atom is -0.374 e. The van der Waals surface area contributed by atoms with Gasteiger partial charge in [0.05, 0.1) is 12.2 Å². The monoisotopic (exact) mass is 211 g/mol. The molecule has 0 aromatic heterocycles. The molecule has 0 bridgehead atoms. The highest BCUT2D eigenvalue weighted by atomic mass is 16.5. The summed E-state index contributed by atoms with van der Waals surface area (Å²) in [6.07, 6.45) is 8.92. The molecule has 1 aliphatic heterocycles. The van der Waals surface area contributed by atoms with Crippen molar-refractivity contribution in [1.82, 2.24) is 4.90 Å². The molecule has 0 aromatic carbocycles. The summed E-state index contributed by atoms with van der Waals surface area (Å²) in [4.78, 5) is 2.57. The second-order valence-electron chi connectivity index (χ2n) is 5.55. The lowest BCUT2D eigenvalue weighted by Gasteiger charge is -2.46. The summed E-state index contributed by atoms with van der Waals surface area (Å²) in [6.45, 7) is 5.59. The van der Waals surface area contributed by atoms with E-state index in [1.54, 1.807) is 0 Å². The van der Waals surface area contributed by atoms with Crippen LogP contribution in [0.15, 0.2) is 0 Å². The number of nitrogens with zero attached hydrogens (tertiary/aromatic N) is 1. The lowest BCUT2D eigenvalue weighted by atomic mass is 9.77. The fourth-order valence-corrected chi connectivity index (χ4v) is 3.47. The van der Waals surface area contributed by atoms with Crippen LogP contribution < -0.4 is 0 Å². The van der Waals surface area contributed by atoms with Gasteiger partial charge < -0.3 is 4.74 Å². The van der Waals surface area contributed by atoms with E-state index in [0.29, 0.717) is 17.7 Å². The maximum Gasteiger partial charge on any atom is 0.0762 e. The third kappa shape index (κ3) is 2.07. The zero-order chi connectivity index (χ0) is 10.9. The van der Waals surface area contributed by atoms with Gasteiger partial charge >= 0.3 is 0 Å². The van der Waals surface area contributed by atoms with Crippen LogP contribution in [-0.4, -0.2) is 36.2 Å². The summed E-state index contributed by atoms with van der Waals surface area (Å²) >= 11 is 0. The minimum absolute atomic E-state index is 0.374. The highest BCUT2D eigenvalue weighted by molar-refractivity contribution is 5.02. The minimum atomic E-state index is 0.374. The van der Waals surface area contributed by atoms with Crippen molar-refractivity contribution in [2.45, 2.75) is 70.1 Å². The molecule has 0 aromatic rings. The summed E-state index contributed by atoms with van der Waals surface area (Å²) in [7, 11) is 2.29. The number of rotatable bonds is 2. The molecule has 0 amide bonds. The highest BCUT2D eigenvalue weighted by Gasteiger charge is 2.47. The molecule has 2 aliphatic rings. The van der Waals surface area contributed by atoms with Crippen molar-refractivity contribution >= 4 is 0 Å². The number of likely N-dealkylation sites (tertiary alicyclic amines) is 1. The predicted molar refractivity (Wildman–Crippen MR) is 63.1 cm³/mol. The van der Waals surface area contributed by atoms with Gasteiger partial charge in [0.1, 0.15) is 0 Å². The van der Waals surface area contributed by atoms with E-state index in [0.717, 1.165) is 0 Å². The lowest BCUT2D eigenvalue weighted by molar-refractivity contribution is -0.0968. The molecule has 1 saturated heterocycles. The third-order valence-electron chi connectivity index (χ3n) is 4.23. The molecule has 2 rings (SSSR count). The van der Waals surface area contributed by atoms with Crippen LogP contribution in [0.5, 0.6) is 0 Å². The van der Waals surface area contributed by atoms with E-state index in [1.807, 2.05) is 0 Å². The van der Waals surface area contributed by atoms with Crippen molar-refractivity contribution < 1.29 is 4.74 Å². The number of hydrogen-bond acceptors (Lipinski definition) is 2. The molecule has 2 nitrogen and oxygen atoms in total. The van der Waals surface area contributed by atoms with Gasteiger partial charge in [0, 0.05) is 5.54 Å². The first-order valence-corrected chi connectivity index (χ1v) is 6.52. The standard InChI is InChI=1S/C13H25NO/c1-11(2)15-12-7-4-5-8-13(12)9-6-10-14(13)3/h11-12H,4-10H2,1-3H3. The number of ether oxygens (including phenoxy) is 1. The van der Waals surface area contributed by atoms with Gasteiger partial charge in [0.2, 0.25) is 0 Å². The van der Waals surface area contributed by atoms with Crippen molar-refractivity contribution in [1.29, 1.82) is 0 Å². The van der Waals surface area contributed by atoms with E-state index in [1.165, 1.54) is 45.1 Å². The molecule has 1 aliphatic carbocycles. The van der Waals surface area contributed by atoms with Gasteiger partial charge in [-0.05, 0) is 53.1 Å². The largest absolute Gasteiger partial charge is 0.374 e. The van der Waals surface area contributed by atoms with Crippen LogP contribution in [0.2, 0.25) is 0 Å². The second-order valence-corrected chi connectivity index (χ2v) is 5.55. The molecule has 15 heavy (non-hydrogen) atoms. The van der Waals surface area contributed by atoms with Crippen LogP contribution in [0.1, 0.15) is 52.4 Å². The predicted octanol–water partition coefficient (Wildman–Crippen LogP) is 2.82. The van der Waals surface area contributed by atoms with E-state index in [2.05, 4.69) is 25.8 Å². The molecule has 88 valence electrons. The zero-order valence-corrected chi connectivity index (χ0v) is 10.5. The first-order valence-electron chi connectivity index (χ1n) is 6.52. The molecule has 2 heteroatoms. The Bertz CT molecular complexity index is 217. The molecular formula is C13H25NO. The number of hydrogen-bond donors (Lipinski definition) is 0. The summed E-state index contributed by atoms with van der Waals surface area (Å²) in [5, 5.41) is 0. The van der Waals surface area contributed by atoms with Crippen molar-refractivity contribution in [3.8, 4) is 0 Å². The molecule has 1 spiro atoms. The van der Waals surface area contributed by atoms with Crippen LogP contribution in [0, 0.1) is 0 Å². The molecule has 2 fully saturated rings. The van der Waals surface area contributed by atoms with Crippen LogP contribution in [0.25, 0.3) is 0 Å². The average molecular weight is 211 g/mol. The van der Waals surface area contributed by atoms with Crippen molar-refractivity contribution in [2.75, 3.05) is 13.6 Å². The topological polar surface area (TPSA) is 12.5 Å². The Kier molecular flexibility index (Phi) is 3.36. The average Bonchev–Trinajstić information content (AvgIpc) is 2.53. The Hall–Kier alpha value is -0.0800. The van der Waals surface area contributed by atoms with Crippen molar-refractivity contribution in [3.05, 3.63) is 0 Å². The van der Waals surface area contributed by atoms with Crippen LogP contribution in [-0.2, 0) is 4.74 Å². The number of likely N-dealkylation sites (N-methyl/N-ethyl adjacent to an activating group) is 1. The van der Waals surface area contributed by atoms with E-state index in [-0.39, 0.29) is 0 Å². The summed E-state index contributed by atoms with van der Waals surface area (Å²) < 4.78 is 6.16. The Morgan fingerprint density at radius 3 is 2.53 bits per heavy atom. The summed E-state index contributed by atoms with van der Waals surface area (Å²) in [6, 6.07) is 0. The quantitative estimate of drug-likeness (QED) is 0.696. The molecule has 2 unspecified atom stereocenters. The molecule has 1 heterocycles. The molecule has 0 N–H and O–H groups in total. The Labute approximate surface area is 94.0 Å². The molecule has 1 saturated carbocycles. The van der Waals surface area contributed by atoms with E-state index in [9.17, 15) is 0 Å². The van der Waals surface area contributed by atoms with Gasteiger partial charge in [-0.2, -0.15) is 0 Å². The fraction of sp³-hybridized carbons (Fsp3) is 1.00. The second kappa shape index (κ2) is 4.42. The molecule has 2 atom stereocenters. The van der Waals surface area contributed by atoms with E-state index >= 15 is 0 Å². The Balaban J connectivity index is 2.11. The fourth-order valence-electron chi connectivity index (χ4n) is 3.47. The summed E-state index contributed by atoms with van der Waals surface area (Å²) in [5.41, 5.74) is 0.391. The first kappa shape index (κ1) is 11.4. The van der Waals surface area contributed by atoms with Gasteiger partial charge in [-0.1, -0.05) is 12.8 Å². The van der Waals surface area contributed by atoms with Crippen LogP contribution >= 0.6 is 0 Å². The Morgan fingerprint density at radius 2 is 1.93 bits per heavy atom. The van der Waals surface area contributed by atoms with Gasteiger partial charge in [0.15, 0.2) is 0 Å². The SMILES string of the molecule is CC(C)OC1CCCCC12CCCN2C. The van der Waals surface area contributed by atoms with Crippen molar-refractivity contribution in [2.24, 2.45) is 0 Å². The van der Waals surface area contributed by atoms with Gasteiger partial charge in [-0.3, -0.25) is 4.90 Å². The van der Waals surface area contributed by atoms with E-state index in [4.69, 9.17) is 4.74 Å². The lowest BCUT2D eigenvalue weighted by Crippen LogP contribution is -2.54. The van der Waals surface area contributed by atoms with Gasteiger partial charge in [-0.15, -0.1) is 0 Å². The third-order valence-corrected chi connectivity index (χ3v) is 4.23. The maximum atomic E-state index is 6.16. The summed E-state index contributed by atoms with van der Waals surface area (Å²) in [5.74, 6) is 0. The van der Waals surface area contributed by atoms with Crippen LogP contribution in [0.3, 0.4) is 0 Å². The van der Waals surface area contributed by atoms with E-state index < -0.39 is 0 Å². The first-order chi connectivity index (χ1) is 7.15. The maximum absolute atomic E-state index is 6.16. The van der Waals surface area contributed by atoms with Crippen molar-refractivity contribution in [3.63, 3.8) is 0 Å². The van der Waals surface area contributed by atoms with Gasteiger partial charge in [-0.25, -0.2) is 0 Å². The van der Waals surface area contributed by atoms with Gasteiger partial charge in [0.25, 0.3) is 0 Å². The molecular weight excluding hydrogens is 186 g/mol. The molecule has 0 radical (unpaired) electrons. The van der Waals surface area contributed by atoms with Crippen LogP contribution in [0.4, 0.5) is 0 Å². The smallest absolute Gasteiger partial charge is 0.0762 e. The Morgan fingerprint density at radius 1 is 1.20 bits per heavy atom. The normalized spacial score (nSPS) is 38.0. The zero-order valence-electron chi connectivity index (χ0n) is 10.5. The highest BCUT2D eigenvalue weighted by Crippen LogP contribution is 2.42.